The SMILES string of the molecule is CCc1nc(F)c(-c2ccnc(C)c2C)cc1N. The number of nitrogens with two attached hydrogens (primary N) is 1. The molecule has 0 unspecified atom stereocenters. The molecule has 94 valence electrons. The Hall–Kier alpha value is -1.97. The molecule has 2 rings (SSSR count). The van der Waals surface area contributed by atoms with E-state index in [4.69, 9.17) is 5.73 Å². The standard InChI is InChI=1S/C14H16FN3/c1-4-13-12(16)7-11(14(15)18-13)10-5-6-17-9(3)8(10)2/h5-7H,4,16H2,1-3H3. The molecule has 0 spiro atoms. The molecule has 2 heterocycles. The molecule has 0 saturated heterocycles. The van der Waals surface area contributed by atoms with Crippen LogP contribution < -0.4 is 5.73 Å². The van der Waals surface area contributed by atoms with Crippen molar-refractivity contribution in [2.24, 2.45) is 0 Å². The van der Waals surface area contributed by atoms with Gasteiger partial charge in [0.25, 0.3) is 0 Å². The second-order valence-corrected chi connectivity index (χ2v) is 4.29. The Balaban J connectivity index is 2.64. The van der Waals surface area contributed by atoms with Crippen LogP contribution in [-0.4, -0.2) is 9.97 Å². The molecule has 0 fully saturated rings. The highest BCUT2D eigenvalue weighted by Crippen LogP contribution is 2.28. The van der Waals surface area contributed by atoms with E-state index in [9.17, 15) is 4.39 Å². The minimum absolute atomic E-state index is 0.438. The van der Waals surface area contributed by atoms with Gasteiger partial charge < -0.3 is 5.73 Å². The maximum absolute atomic E-state index is 14.0. The third kappa shape index (κ3) is 2.06. The Morgan fingerprint density at radius 2 is 2.00 bits per heavy atom. The van der Waals surface area contributed by atoms with Crippen molar-refractivity contribution in [1.82, 2.24) is 9.97 Å². The smallest absolute Gasteiger partial charge is 0.221 e. The van der Waals surface area contributed by atoms with Crippen molar-refractivity contribution < 1.29 is 4.39 Å². The van der Waals surface area contributed by atoms with E-state index in [0.717, 1.165) is 16.8 Å². The van der Waals surface area contributed by atoms with Gasteiger partial charge in [-0.05, 0) is 43.5 Å². The molecule has 0 atom stereocenters. The number of hydrogen-bond acceptors (Lipinski definition) is 3. The van der Waals surface area contributed by atoms with Gasteiger partial charge in [0.05, 0.1) is 11.4 Å². The Morgan fingerprint density at radius 3 is 2.67 bits per heavy atom. The van der Waals surface area contributed by atoms with Crippen molar-refractivity contribution in [3.05, 3.63) is 41.2 Å². The summed E-state index contributed by atoms with van der Waals surface area (Å²) in [4.78, 5) is 8.10. The van der Waals surface area contributed by atoms with Crippen LogP contribution >= 0.6 is 0 Å². The molecule has 0 aliphatic rings. The van der Waals surface area contributed by atoms with Crippen molar-refractivity contribution in [2.45, 2.75) is 27.2 Å². The topological polar surface area (TPSA) is 51.8 Å². The minimum Gasteiger partial charge on any atom is -0.397 e. The highest BCUT2D eigenvalue weighted by molar-refractivity contribution is 5.70. The van der Waals surface area contributed by atoms with Crippen LogP contribution in [0.15, 0.2) is 18.3 Å². The fourth-order valence-electron chi connectivity index (χ4n) is 1.95. The number of rotatable bonds is 2. The number of anilines is 1. The number of aromatic nitrogens is 2. The summed E-state index contributed by atoms with van der Waals surface area (Å²) in [6.45, 7) is 5.72. The summed E-state index contributed by atoms with van der Waals surface area (Å²) in [6.07, 6.45) is 2.29. The van der Waals surface area contributed by atoms with Crippen LogP contribution in [0.5, 0.6) is 0 Å². The van der Waals surface area contributed by atoms with Crippen LogP contribution in [-0.2, 0) is 6.42 Å². The molecule has 0 amide bonds. The Bertz CT molecular complexity index is 594. The van der Waals surface area contributed by atoms with E-state index in [1.807, 2.05) is 20.8 Å². The quantitative estimate of drug-likeness (QED) is 0.827. The first-order chi connectivity index (χ1) is 8.54. The Labute approximate surface area is 106 Å². The molecule has 0 aromatic carbocycles. The first kappa shape index (κ1) is 12.5. The van der Waals surface area contributed by atoms with Crippen LogP contribution in [0.1, 0.15) is 23.9 Å². The van der Waals surface area contributed by atoms with E-state index < -0.39 is 5.95 Å². The minimum atomic E-state index is -0.477. The number of aryl methyl sites for hydroxylation is 2. The number of halogens is 1. The molecule has 0 bridgehead atoms. The maximum atomic E-state index is 14.0. The molecule has 4 heteroatoms. The molecular weight excluding hydrogens is 229 g/mol. The van der Waals surface area contributed by atoms with Crippen LogP contribution in [0.2, 0.25) is 0 Å². The van der Waals surface area contributed by atoms with Crippen LogP contribution in [0, 0.1) is 19.8 Å². The van der Waals surface area contributed by atoms with E-state index in [2.05, 4.69) is 9.97 Å². The summed E-state index contributed by atoms with van der Waals surface area (Å²) in [6, 6.07) is 3.44. The van der Waals surface area contributed by atoms with E-state index >= 15 is 0 Å². The lowest BCUT2D eigenvalue weighted by Gasteiger charge is -2.11. The van der Waals surface area contributed by atoms with Crippen molar-refractivity contribution in [3.8, 4) is 11.1 Å². The molecule has 2 aromatic heterocycles. The first-order valence-electron chi connectivity index (χ1n) is 5.92. The van der Waals surface area contributed by atoms with Gasteiger partial charge in [0.15, 0.2) is 0 Å². The highest BCUT2D eigenvalue weighted by atomic mass is 19.1. The Morgan fingerprint density at radius 1 is 1.28 bits per heavy atom. The fraction of sp³-hybridized carbons (Fsp3) is 0.286. The molecule has 3 nitrogen and oxygen atoms in total. The van der Waals surface area contributed by atoms with Crippen LogP contribution in [0.3, 0.4) is 0 Å². The van der Waals surface area contributed by atoms with Crippen molar-refractivity contribution in [2.75, 3.05) is 5.73 Å². The van der Waals surface area contributed by atoms with E-state index in [-0.39, 0.29) is 0 Å². The zero-order chi connectivity index (χ0) is 13.3. The molecule has 0 aliphatic carbocycles. The number of hydrogen-bond donors (Lipinski definition) is 1. The predicted octanol–water partition coefficient (Wildman–Crippen LogP) is 3.04. The summed E-state index contributed by atoms with van der Waals surface area (Å²) in [7, 11) is 0. The van der Waals surface area contributed by atoms with Gasteiger partial charge in [-0.1, -0.05) is 6.92 Å². The molecule has 0 aliphatic heterocycles. The summed E-state index contributed by atoms with van der Waals surface area (Å²) in [5.74, 6) is -0.477. The monoisotopic (exact) mass is 245 g/mol. The number of nitrogens with zero attached hydrogens (tertiary/aromatic N) is 2. The average molecular weight is 245 g/mol. The third-order valence-corrected chi connectivity index (χ3v) is 3.17. The summed E-state index contributed by atoms with van der Waals surface area (Å²) < 4.78 is 14.0. The first-order valence-corrected chi connectivity index (χ1v) is 5.92. The van der Waals surface area contributed by atoms with Gasteiger partial charge in [0.2, 0.25) is 5.95 Å². The van der Waals surface area contributed by atoms with Crippen LogP contribution in [0.4, 0.5) is 10.1 Å². The Kier molecular flexibility index (Phi) is 3.28. The zero-order valence-corrected chi connectivity index (χ0v) is 10.8. The van der Waals surface area contributed by atoms with Gasteiger partial charge in [0.1, 0.15) is 0 Å². The van der Waals surface area contributed by atoms with Gasteiger partial charge in [-0.25, -0.2) is 4.98 Å². The summed E-state index contributed by atoms with van der Waals surface area (Å²) in [5, 5.41) is 0. The van der Waals surface area contributed by atoms with E-state index in [1.54, 1.807) is 18.3 Å². The lowest BCUT2D eigenvalue weighted by atomic mass is 10.0. The molecule has 2 N–H and O–H groups in total. The van der Waals surface area contributed by atoms with E-state index in [1.165, 1.54) is 0 Å². The van der Waals surface area contributed by atoms with Crippen molar-refractivity contribution >= 4 is 5.69 Å². The summed E-state index contributed by atoms with van der Waals surface area (Å²) in [5.41, 5.74) is 10.1. The number of nitrogen functional groups attached to an aromatic ring is 1. The van der Waals surface area contributed by atoms with Gasteiger partial charge in [-0.2, -0.15) is 4.39 Å². The van der Waals surface area contributed by atoms with Crippen molar-refractivity contribution in [1.29, 1.82) is 0 Å². The van der Waals surface area contributed by atoms with E-state index in [0.29, 0.717) is 23.4 Å². The molecular formula is C14H16FN3. The second kappa shape index (κ2) is 4.72. The molecule has 0 radical (unpaired) electrons. The van der Waals surface area contributed by atoms with Crippen molar-refractivity contribution in [3.63, 3.8) is 0 Å². The normalized spacial score (nSPS) is 10.7. The van der Waals surface area contributed by atoms with Gasteiger partial charge in [-0.15, -0.1) is 0 Å². The third-order valence-electron chi connectivity index (χ3n) is 3.17. The lowest BCUT2D eigenvalue weighted by Crippen LogP contribution is -2.02. The molecule has 2 aromatic rings. The lowest BCUT2D eigenvalue weighted by molar-refractivity contribution is 0.582. The van der Waals surface area contributed by atoms with Gasteiger partial charge in [0, 0.05) is 17.5 Å². The highest BCUT2D eigenvalue weighted by Gasteiger charge is 2.13. The maximum Gasteiger partial charge on any atom is 0.221 e. The van der Waals surface area contributed by atoms with Gasteiger partial charge in [-0.3, -0.25) is 4.98 Å². The number of pyridine rings is 2. The fourth-order valence-corrected chi connectivity index (χ4v) is 1.95. The van der Waals surface area contributed by atoms with Crippen LogP contribution in [0.25, 0.3) is 11.1 Å². The average Bonchev–Trinajstić information content (AvgIpc) is 2.35. The summed E-state index contributed by atoms with van der Waals surface area (Å²) >= 11 is 0. The molecule has 0 saturated carbocycles. The molecule has 18 heavy (non-hydrogen) atoms. The second-order valence-electron chi connectivity index (χ2n) is 4.29. The largest absolute Gasteiger partial charge is 0.397 e. The predicted molar refractivity (Wildman–Crippen MR) is 70.7 cm³/mol. The van der Waals surface area contributed by atoms with Gasteiger partial charge >= 0.3 is 0 Å². The zero-order valence-electron chi connectivity index (χ0n) is 10.8.